The minimum absolute atomic E-state index is 0.0520. The number of hydrogen-bond donors (Lipinski definition) is 1. The molecule has 0 saturated heterocycles. The van der Waals surface area contributed by atoms with Gasteiger partial charge in [0, 0.05) is 19.3 Å². The molecule has 0 saturated carbocycles. The number of nitrogens with zero attached hydrogens (tertiary/aromatic N) is 1. The van der Waals surface area contributed by atoms with Gasteiger partial charge in [-0.05, 0) is 44.9 Å². The number of carbonyl (C=O) groups excluding carboxylic acids is 2. The highest BCUT2D eigenvalue weighted by Crippen LogP contribution is 2.16. The minimum atomic E-state index is -0.875. The van der Waals surface area contributed by atoms with Gasteiger partial charge in [-0.2, -0.15) is 0 Å². The fourth-order valence-electron chi connectivity index (χ4n) is 7.48. The lowest BCUT2D eigenvalue weighted by molar-refractivity contribution is -0.887. The molecule has 0 aromatic heterocycles. The number of carbonyl (C=O) groups is 3. The van der Waals surface area contributed by atoms with Crippen LogP contribution < -0.4 is 0 Å². The average molecular weight is 835 g/mol. The molecule has 0 amide bonds. The Labute approximate surface area is 364 Å². The fourth-order valence-corrected chi connectivity index (χ4v) is 7.48. The van der Waals surface area contributed by atoms with Crippen molar-refractivity contribution in [3.63, 3.8) is 0 Å². The maximum absolute atomic E-state index is 12.7. The lowest BCUT2D eigenvalue weighted by atomic mass is 10.0. The molecule has 0 aliphatic heterocycles. The van der Waals surface area contributed by atoms with E-state index in [9.17, 15) is 19.5 Å². The molecular formula is C51H96NO7+. The van der Waals surface area contributed by atoms with Crippen LogP contribution in [0.25, 0.3) is 0 Å². The monoisotopic (exact) mass is 835 g/mol. The van der Waals surface area contributed by atoms with Crippen LogP contribution in [-0.2, 0) is 28.6 Å². The zero-order valence-electron chi connectivity index (χ0n) is 39.5. The van der Waals surface area contributed by atoms with Crippen LogP contribution in [0.1, 0.15) is 232 Å². The molecule has 0 rings (SSSR count). The van der Waals surface area contributed by atoms with Crippen molar-refractivity contribution in [2.75, 3.05) is 41.0 Å². The molecule has 0 aromatic carbocycles. The van der Waals surface area contributed by atoms with Gasteiger partial charge in [0.25, 0.3) is 0 Å². The van der Waals surface area contributed by atoms with Crippen molar-refractivity contribution >= 4 is 17.9 Å². The van der Waals surface area contributed by atoms with E-state index in [4.69, 9.17) is 14.2 Å². The number of quaternary nitrogens is 1. The van der Waals surface area contributed by atoms with Gasteiger partial charge < -0.3 is 23.8 Å². The summed E-state index contributed by atoms with van der Waals surface area (Å²) in [6.07, 6.45) is 47.9. The Balaban J connectivity index is 4.23. The molecule has 0 spiro atoms. The van der Waals surface area contributed by atoms with Crippen LogP contribution in [0, 0.1) is 0 Å². The van der Waals surface area contributed by atoms with Gasteiger partial charge in [-0.1, -0.05) is 192 Å². The Morgan fingerprint density at radius 2 is 0.898 bits per heavy atom. The molecule has 0 fully saturated rings. The summed E-state index contributed by atoms with van der Waals surface area (Å²) >= 11 is 0. The quantitative estimate of drug-likeness (QED) is 0.0282. The summed E-state index contributed by atoms with van der Waals surface area (Å²) in [7, 11) is 5.53. The second-order valence-corrected chi connectivity index (χ2v) is 18.1. The van der Waals surface area contributed by atoms with E-state index in [1.807, 2.05) is 21.1 Å². The summed E-state index contributed by atoms with van der Waals surface area (Å²) in [5.41, 5.74) is 0. The normalized spacial score (nSPS) is 13.0. The van der Waals surface area contributed by atoms with Crippen molar-refractivity contribution in [3.8, 4) is 0 Å². The van der Waals surface area contributed by atoms with E-state index in [0.717, 1.165) is 64.2 Å². The van der Waals surface area contributed by atoms with Gasteiger partial charge >= 0.3 is 17.9 Å². The van der Waals surface area contributed by atoms with Crippen LogP contribution in [0.4, 0.5) is 0 Å². The smallest absolute Gasteiger partial charge is 0.362 e. The van der Waals surface area contributed by atoms with Gasteiger partial charge in [0.05, 0.1) is 34.4 Å². The molecule has 2 atom stereocenters. The van der Waals surface area contributed by atoms with Crippen molar-refractivity contribution in [3.05, 3.63) is 24.3 Å². The SMILES string of the molecule is CCCCC/C=C\C/C=C\CCCCCCCC(=O)OC(COCCC(C(=O)O)[N+](C)(C)C)COC(=O)CCCCCCCCCCCCCCCCCCCCCC. The number of rotatable bonds is 45. The molecule has 8 nitrogen and oxygen atoms in total. The minimum Gasteiger partial charge on any atom is -0.477 e. The van der Waals surface area contributed by atoms with Gasteiger partial charge in [0.15, 0.2) is 12.1 Å². The number of carboxylic acid groups (broad SMARTS) is 1. The van der Waals surface area contributed by atoms with E-state index in [2.05, 4.69) is 38.2 Å². The molecule has 0 aliphatic carbocycles. The number of likely N-dealkylation sites (N-methyl/N-ethyl adjacent to an activating group) is 1. The van der Waals surface area contributed by atoms with Gasteiger partial charge in [-0.25, -0.2) is 4.79 Å². The molecule has 0 radical (unpaired) electrons. The number of unbranched alkanes of at least 4 members (excludes halogenated alkanes) is 27. The first kappa shape index (κ1) is 56.8. The van der Waals surface area contributed by atoms with Crippen molar-refractivity contribution in [1.82, 2.24) is 0 Å². The third kappa shape index (κ3) is 41.0. The Kier molecular flexibility index (Phi) is 40.9. The van der Waals surface area contributed by atoms with E-state index < -0.39 is 18.1 Å². The highest BCUT2D eigenvalue weighted by atomic mass is 16.6. The highest BCUT2D eigenvalue weighted by molar-refractivity contribution is 5.72. The molecule has 2 unspecified atom stereocenters. The zero-order valence-corrected chi connectivity index (χ0v) is 39.5. The highest BCUT2D eigenvalue weighted by Gasteiger charge is 2.31. The van der Waals surface area contributed by atoms with Crippen LogP contribution in [0.3, 0.4) is 0 Å². The standard InChI is InChI=1S/C51H95NO7/c1-6-8-10-12-14-16-18-20-22-23-24-25-26-28-29-31-33-35-37-39-41-49(53)58-46-47(45-57-44-43-48(51(55)56)52(3,4)5)59-50(54)42-40-38-36-34-32-30-27-21-19-17-15-13-11-9-7-2/h15,17,21,27,47-48H,6-14,16,18-20,22-26,28-46H2,1-5H3/p+1/b17-15-,27-21-. The number of esters is 2. The van der Waals surface area contributed by atoms with Gasteiger partial charge in [0.1, 0.15) is 6.61 Å². The first-order valence-electron chi connectivity index (χ1n) is 24.9. The largest absolute Gasteiger partial charge is 0.477 e. The van der Waals surface area contributed by atoms with Crippen molar-refractivity contribution < 1.29 is 38.2 Å². The van der Waals surface area contributed by atoms with Crippen LogP contribution >= 0.6 is 0 Å². The summed E-state index contributed by atoms with van der Waals surface area (Å²) in [6.45, 7) is 4.73. The van der Waals surface area contributed by atoms with Gasteiger partial charge in [-0.3, -0.25) is 9.59 Å². The molecule has 0 heterocycles. The average Bonchev–Trinajstić information content (AvgIpc) is 3.19. The third-order valence-electron chi connectivity index (χ3n) is 11.4. The molecule has 0 aliphatic rings. The Morgan fingerprint density at radius 1 is 0.508 bits per heavy atom. The van der Waals surface area contributed by atoms with E-state index in [0.29, 0.717) is 19.3 Å². The van der Waals surface area contributed by atoms with E-state index >= 15 is 0 Å². The number of ether oxygens (including phenoxy) is 3. The first-order chi connectivity index (χ1) is 28.6. The number of aliphatic carboxylic acids is 1. The van der Waals surface area contributed by atoms with Crippen LogP contribution in [0.2, 0.25) is 0 Å². The summed E-state index contributed by atoms with van der Waals surface area (Å²) in [6, 6.07) is -0.615. The predicted octanol–water partition coefficient (Wildman–Crippen LogP) is 14.0. The molecule has 1 N–H and O–H groups in total. The predicted molar refractivity (Wildman–Crippen MR) is 248 cm³/mol. The van der Waals surface area contributed by atoms with Crippen molar-refractivity contribution in [1.29, 1.82) is 0 Å². The second kappa shape index (κ2) is 42.5. The third-order valence-corrected chi connectivity index (χ3v) is 11.4. The summed E-state index contributed by atoms with van der Waals surface area (Å²) in [4.78, 5) is 37.1. The van der Waals surface area contributed by atoms with Gasteiger partial charge in [-0.15, -0.1) is 0 Å². The zero-order chi connectivity index (χ0) is 43.5. The fraction of sp³-hybridized carbons (Fsp3) is 0.863. The lowest BCUT2D eigenvalue weighted by Gasteiger charge is -2.31. The van der Waals surface area contributed by atoms with E-state index in [-0.39, 0.29) is 36.2 Å². The summed E-state index contributed by atoms with van der Waals surface area (Å²) in [5.74, 6) is -1.47. The van der Waals surface area contributed by atoms with Crippen LogP contribution in [-0.4, -0.2) is 80.6 Å². The summed E-state index contributed by atoms with van der Waals surface area (Å²) < 4.78 is 17.3. The topological polar surface area (TPSA) is 99.1 Å². The van der Waals surface area contributed by atoms with Crippen molar-refractivity contribution in [2.24, 2.45) is 0 Å². The molecule has 346 valence electrons. The summed E-state index contributed by atoms with van der Waals surface area (Å²) in [5, 5.41) is 9.64. The second-order valence-electron chi connectivity index (χ2n) is 18.1. The van der Waals surface area contributed by atoms with E-state index in [1.54, 1.807) is 0 Å². The lowest BCUT2D eigenvalue weighted by Crippen LogP contribution is -2.50. The maximum Gasteiger partial charge on any atom is 0.362 e. The molecule has 8 heteroatoms. The van der Waals surface area contributed by atoms with Gasteiger partial charge in [0.2, 0.25) is 0 Å². The van der Waals surface area contributed by atoms with Crippen LogP contribution in [0.5, 0.6) is 0 Å². The maximum atomic E-state index is 12.7. The van der Waals surface area contributed by atoms with Crippen molar-refractivity contribution in [2.45, 2.75) is 244 Å². The molecule has 0 bridgehead atoms. The number of hydrogen-bond acceptors (Lipinski definition) is 6. The number of allylic oxidation sites excluding steroid dienone is 4. The Morgan fingerprint density at radius 3 is 1.34 bits per heavy atom. The molecule has 0 aromatic rings. The van der Waals surface area contributed by atoms with Crippen LogP contribution in [0.15, 0.2) is 24.3 Å². The first-order valence-corrected chi connectivity index (χ1v) is 24.9. The molecule has 59 heavy (non-hydrogen) atoms. The molecular weight excluding hydrogens is 739 g/mol. The number of carboxylic acids is 1. The van der Waals surface area contributed by atoms with E-state index in [1.165, 1.54) is 135 Å². The Bertz CT molecular complexity index is 1020. The Hall–Kier alpha value is -2.19.